The summed E-state index contributed by atoms with van der Waals surface area (Å²) < 4.78 is 48.1. The van der Waals surface area contributed by atoms with Gasteiger partial charge in [0.1, 0.15) is 17.5 Å². The molecule has 1 saturated carbocycles. The molecule has 0 amide bonds. The van der Waals surface area contributed by atoms with Gasteiger partial charge in [-0.1, -0.05) is 30.3 Å². The van der Waals surface area contributed by atoms with Crippen LogP contribution in [0.2, 0.25) is 0 Å². The molecule has 3 aromatic heterocycles. The standard InChI is InChI=1S/C26H20F3N7O2/c1-38-23(37)15-8-6-14(7-9-15)20-21-22(32-13-31-20)36(24(35-21)26(27,28)29)18-10-17(11-18)33-25-30-12-16-4-2-3-5-19(16)34-25/h2-9,12-13,17-18H,10-11H2,1H3,(H,30,33,34). The number of hydrogen-bond donors (Lipinski definition) is 1. The van der Waals surface area contributed by atoms with Gasteiger partial charge in [-0.15, -0.1) is 0 Å². The van der Waals surface area contributed by atoms with Gasteiger partial charge in [0.05, 0.1) is 18.2 Å². The van der Waals surface area contributed by atoms with Crippen LogP contribution in [0.15, 0.2) is 61.1 Å². The maximum absolute atomic E-state index is 14.1. The summed E-state index contributed by atoms with van der Waals surface area (Å²) in [6.45, 7) is 0. The highest BCUT2D eigenvalue weighted by molar-refractivity contribution is 5.92. The molecule has 1 aliphatic rings. The lowest BCUT2D eigenvalue weighted by Crippen LogP contribution is -2.38. The smallest absolute Gasteiger partial charge is 0.449 e. The Labute approximate surface area is 213 Å². The molecular formula is C26H20F3N7O2. The average molecular weight is 519 g/mol. The normalized spacial score (nSPS) is 17.4. The molecule has 38 heavy (non-hydrogen) atoms. The molecule has 9 nitrogen and oxygen atoms in total. The van der Waals surface area contributed by atoms with E-state index < -0.39 is 24.0 Å². The van der Waals surface area contributed by atoms with Crippen LogP contribution in [-0.2, 0) is 10.9 Å². The predicted molar refractivity (Wildman–Crippen MR) is 132 cm³/mol. The van der Waals surface area contributed by atoms with Gasteiger partial charge in [0, 0.05) is 29.2 Å². The fraction of sp³-hybridized carbons (Fsp3) is 0.231. The van der Waals surface area contributed by atoms with Crippen molar-refractivity contribution in [2.75, 3.05) is 12.4 Å². The van der Waals surface area contributed by atoms with E-state index in [9.17, 15) is 18.0 Å². The largest absolute Gasteiger partial charge is 0.465 e. The molecule has 192 valence electrons. The van der Waals surface area contributed by atoms with Crippen LogP contribution in [-0.4, -0.2) is 48.6 Å². The Morgan fingerprint density at radius 2 is 1.79 bits per heavy atom. The van der Waals surface area contributed by atoms with E-state index in [1.807, 2.05) is 24.3 Å². The number of halogens is 3. The number of hydrogen-bond acceptors (Lipinski definition) is 8. The summed E-state index contributed by atoms with van der Waals surface area (Å²) in [7, 11) is 1.27. The second kappa shape index (κ2) is 9.05. The number of nitrogens with one attached hydrogen (secondary N) is 1. The van der Waals surface area contributed by atoms with Gasteiger partial charge in [-0.3, -0.25) is 0 Å². The summed E-state index contributed by atoms with van der Waals surface area (Å²) in [4.78, 5) is 32.9. The van der Waals surface area contributed by atoms with Crippen molar-refractivity contribution in [3.63, 3.8) is 0 Å². The highest BCUT2D eigenvalue weighted by Gasteiger charge is 2.43. The minimum Gasteiger partial charge on any atom is -0.465 e. The SMILES string of the molecule is COC(=O)c1ccc(-c2ncnc3c2nc(C(F)(F)F)n3C2CC(Nc3ncc4ccccc4n3)C2)cc1. The summed E-state index contributed by atoms with van der Waals surface area (Å²) >= 11 is 0. The van der Waals surface area contributed by atoms with Crippen LogP contribution >= 0.6 is 0 Å². The molecule has 2 aromatic carbocycles. The number of anilines is 1. The zero-order valence-electron chi connectivity index (χ0n) is 20.0. The van der Waals surface area contributed by atoms with Crippen molar-refractivity contribution in [3.8, 4) is 11.3 Å². The number of methoxy groups -OCH3 is 1. The summed E-state index contributed by atoms with van der Waals surface area (Å²) in [6.07, 6.45) is -0.924. The topological polar surface area (TPSA) is 108 Å². The molecule has 0 atom stereocenters. The predicted octanol–water partition coefficient (Wildman–Crippen LogP) is 5.06. The molecule has 1 N–H and O–H groups in total. The van der Waals surface area contributed by atoms with E-state index in [0.717, 1.165) is 15.5 Å². The molecule has 1 fully saturated rings. The Morgan fingerprint density at radius 3 is 2.53 bits per heavy atom. The molecular weight excluding hydrogens is 499 g/mol. The first-order valence-electron chi connectivity index (χ1n) is 11.8. The molecule has 0 spiro atoms. The molecule has 0 aliphatic heterocycles. The lowest BCUT2D eigenvalue weighted by molar-refractivity contribution is -0.148. The highest BCUT2D eigenvalue weighted by Crippen LogP contribution is 2.42. The second-order valence-corrected chi connectivity index (χ2v) is 8.99. The number of carbonyl (C=O) groups is 1. The van der Waals surface area contributed by atoms with Crippen molar-refractivity contribution >= 4 is 34.0 Å². The Kier molecular flexibility index (Phi) is 5.66. The Morgan fingerprint density at radius 1 is 1.03 bits per heavy atom. The van der Waals surface area contributed by atoms with Gasteiger partial charge in [-0.05, 0) is 31.0 Å². The number of fused-ring (bicyclic) bond motifs is 2. The summed E-state index contributed by atoms with van der Waals surface area (Å²) in [5.74, 6) is -1.11. The van der Waals surface area contributed by atoms with E-state index in [4.69, 9.17) is 4.74 Å². The zero-order valence-corrected chi connectivity index (χ0v) is 20.0. The Balaban J connectivity index is 1.30. The van der Waals surface area contributed by atoms with Gasteiger partial charge < -0.3 is 14.6 Å². The molecule has 5 aromatic rings. The summed E-state index contributed by atoms with van der Waals surface area (Å²) in [5, 5.41) is 4.12. The van der Waals surface area contributed by atoms with Crippen molar-refractivity contribution in [3.05, 3.63) is 72.4 Å². The van der Waals surface area contributed by atoms with Crippen LogP contribution in [0.25, 0.3) is 33.3 Å². The van der Waals surface area contributed by atoms with Gasteiger partial charge in [0.25, 0.3) is 0 Å². The van der Waals surface area contributed by atoms with E-state index >= 15 is 0 Å². The van der Waals surface area contributed by atoms with E-state index in [0.29, 0.717) is 29.9 Å². The quantitative estimate of drug-likeness (QED) is 0.321. The fourth-order valence-electron chi connectivity index (χ4n) is 4.69. The number of rotatable bonds is 5. The third kappa shape index (κ3) is 4.17. The van der Waals surface area contributed by atoms with Crippen LogP contribution in [0.3, 0.4) is 0 Å². The number of aromatic nitrogens is 6. The van der Waals surface area contributed by atoms with Gasteiger partial charge >= 0.3 is 12.1 Å². The minimum absolute atomic E-state index is 0.0416. The van der Waals surface area contributed by atoms with Crippen molar-refractivity contribution in [1.82, 2.24) is 29.5 Å². The van der Waals surface area contributed by atoms with Crippen LogP contribution in [0.1, 0.15) is 35.1 Å². The number of alkyl halides is 3. The lowest BCUT2D eigenvalue weighted by atomic mass is 9.86. The molecule has 0 radical (unpaired) electrons. The fourth-order valence-corrected chi connectivity index (χ4v) is 4.69. The Bertz CT molecular complexity index is 1660. The monoisotopic (exact) mass is 519 g/mol. The van der Waals surface area contributed by atoms with Gasteiger partial charge in [-0.2, -0.15) is 13.2 Å². The maximum Gasteiger partial charge on any atom is 0.449 e. The minimum atomic E-state index is -4.69. The van der Waals surface area contributed by atoms with Gasteiger partial charge in [-0.25, -0.2) is 29.7 Å². The molecule has 0 bridgehead atoms. The maximum atomic E-state index is 14.1. The zero-order chi connectivity index (χ0) is 26.4. The van der Waals surface area contributed by atoms with Crippen LogP contribution in [0.5, 0.6) is 0 Å². The van der Waals surface area contributed by atoms with E-state index in [-0.39, 0.29) is 22.9 Å². The first-order chi connectivity index (χ1) is 18.3. The van der Waals surface area contributed by atoms with E-state index in [1.54, 1.807) is 18.3 Å². The average Bonchev–Trinajstić information content (AvgIpc) is 3.30. The van der Waals surface area contributed by atoms with Crippen LogP contribution < -0.4 is 5.32 Å². The summed E-state index contributed by atoms with van der Waals surface area (Å²) in [5.41, 5.74) is 1.99. The van der Waals surface area contributed by atoms with Gasteiger partial charge in [0.2, 0.25) is 11.8 Å². The summed E-state index contributed by atoms with van der Waals surface area (Å²) in [6, 6.07) is 13.2. The number of carbonyl (C=O) groups excluding carboxylic acids is 1. The van der Waals surface area contributed by atoms with Crippen molar-refractivity contribution < 1.29 is 22.7 Å². The Hall–Kier alpha value is -4.61. The number of nitrogens with zero attached hydrogens (tertiary/aromatic N) is 6. The number of para-hydroxylation sites is 1. The van der Waals surface area contributed by atoms with E-state index in [2.05, 4.69) is 30.2 Å². The highest BCUT2D eigenvalue weighted by atomic mass is 19.4. The van der Waals surface area contributed by atoms with Crippen molar-refractivity contribution in [2.24, 2.45) is 0 Å². The lowest BCUT2D eigenvalue weighted by Gasteiger charge is -2.37. The molecule has 3 heterocycles. The van der Waals surface area contributed by atoms with Crippen LogP contribution in [0.4, 0.5) is 19.1 Å². The number of imidazole rings is 1. The first kappa shape index (κ1) is 23.8. The number of esters is 1. The second-order valence-electron chi connectivity index (χ2n) is 8.99. The molecule has 1 aliphatic carbocycles. The first-order valence-corrected chi connectivity index (χ1v) is 11.8. The van der Waals surface area contributed by atoms with Gasteiger partial charge in [0.15, 0.2) is 5.65 Å². The van der Waals surface area contributed by atoms with Crippen molar-refractivity contribution in [1.29, 1.82) is 0 Å². The molecule has 0 unspecified atom stereocenters. The third-order valence-corrected chi connectivity index (χ3v) is 6.61. The number of ether oxygens (including phenoxy) is 1. The van der Waals surface area contributed by atoms with E-state index in [1.165, 1.54) is 25.6 Å². The van der Waals surface area contributed by atoms with Crippen molar-refractivity contribution in [2.45, 2.75) is 31.1 Å². The molecule has 12 heteroatoms. The molecule has 6 rings (SSSR count). The van der Waals surface area contributed by atoms with Crippen LogP contribution in [0, 0.1) is 0 Å². The molecule has 0 saturated heterocycles. The third-order valence-electron chi connectivity index (χ3n) is 6.61. The number of benzene rings is 2.